The van der Waals surface area contributed by atoms with Gasteiger partial charge in [0.05, 0.1) is 22.4 Å². The summed E-state index contributed by atoms with van der Waals surface area (Å²) < 4.78 is 37.9. The third-order valence-corrected chi connectivity index (χ3v) is 6.93. The smallest absolute Gasteiger partial charge is 0.341 e. The first kappa shape index (κ1) is 24.2. The Labute approximate surface area is 208 Å². The number of carboxylic acid groups (broad SMARTS) is 1. The Morgan fingerprint density at radius 1 is 1.26 bits per heavy atom. The molecule has 8 nitrogen and oxygen atoms in total. The number of carbonyl (C=O) groups is 1. The zero-order valence-corrected chi connectivity index (χ0v) is 20.7. The van der Waals surface area contributed by atoms with Gasteiger partial charge in [-0.05, 0) is 77.0 Å². The molecular weight excluding hydrogens is 524 g/mol. The number of aliphatic carboxylic acids is 1. The molecule has 1 aliphatic carbocycles. The van der Waals surface area contributed by atoms with Crippen LogP contribution in [0.1, 0.15) is 35.6 Å². The Morgan fingerprint density at radius 2 is 2.03 bits per heavy atom. The Kier molecular flexibility index (Phi) is 7.50. The molecule has 2 atom stereocenters. The summed E-state index contributed by atoms with van der Waals surface area (Å²) in [6.07, 6.45) is 3.46. The van der Waals surface area contributed by atoms with Gasteiger partial charge in [0, 0.05) is 11.3 Å². The molecule has 0 radical (unpaired) electrons. The van der Waals surface area contributed by atoms with Crippen molar-refractivity contribution in [3.63, 3.8) is 0 Å². The van der Waals surface area contributed by atoms with Crippen LogP contribution >= 0.6 is 15.9 Å². The monoisotopic (exact) mass is 545 g/mol. The average molecular weight is 546 g/mol. The molecule has 0 saturated carbocycles. The number of anilines is 1. The fourth-order valence-corrected chi connectivity index (χ4v) is 5.18. The standard InChI is InChI=1S/C24H23BrN2O6S/c1-15-6-2-3-10-21(15)33-24-19(25)12-16(13-26-24)27(34(30)31)20-9-4-8-18-17(20)7-5-11-22(18)32-14-23(28)29/h2-3,5-7,10-13,20H,4,8-9,14H2,1H3,(H,28,29)(H,30,31)/p-1. The first-order valence-electron chi connectivity index (χ1n) is 10.6. The van der Waals surface area contributed by atoms with Crippen molar-refractivity contribution in [1.29, 1.82) is 0 Å². The molecule has 0 amide bonds. The Morgan fingerprint density at radius 3 is 2.74 bits per heavy atom. The summed E-state index contributed by atoms with van der Waals surface area (Å²) in [5.41, 5.74) is 2.94. The predicted molar refractivity (Wildman–Crippen MR) is 130 cm³/mol. The number of ether oxygens (including phenoxy) is 2. The van der Waals surface area contributed by atoms with Crippen LogP contribution in [-0.4, -0.2) is 31.4 Å². The fraction of sp³-hybridized carbons (Fsp3) is 0.250. The lowest BCUT2D eigenvalue weighted by molar-refractivity contribution is -0.139. The number of halogens is 1. The minimum absolute atomic E-state index is 0.322. The fourth-order valence-electron chi connectivity index (χ4n) is 4.06. The number of hydrogen-bond donors (Lipinski definition) is 1. The van der Waals surface area contributed by atoms with Crippen molar-refractivity contribution in [2.45, 2.75) is 32.2 Å². The van der Waals surface area contributed by atoms with Crippen LogP contribution in [0.15, 0.2) is 59.2 Å². The molecule has 1 aliphatic rings. The van der Waals surface area contributed by atoms with E-state index in [9.17, 15) is 13.6 Å². The van der Waals surface area contributed by atoms with Gasteiger partial charge in [-0.25, -0.2) is 9.78 Å². The normalized spacial score (nSPS) is 15.8. The van der Waals surface area contributed by atoms with Gasteiger partial charge in [-0.1, -0.05) is 30.3 Å². The molecule has 0 bridgehead atoms. The van der Waals surface area contributed by atoms with Gasteiger partial charge >= 0.3 is 5.97 Å². The largest absolute Gasteiger partial charge is 0.755 e. The maximum atomic E-state index is 12.4. The van der Waals surface area contributed by atoms with E-state index in [1.54, 1.807) is 18.2 Å². The van der Waals surface area contributed by atoms with Crippen LogP contribution in [0.25, 0.3) is 0 Å². The first-order chi connectivity index (χ1) is 16.3. The van der Waals surface area contributed by atoms with Gasteiger partial charge in [-0.3, -0.25) is 8.51 Å². The quantitative estimate of drug-likeness (QED) is 0.392. The highest BCUT2D eigenvalue weighted by atomic mass is 79.9. The van der Waals surface area contributed by atoms with Crippen molar-refractivity contribution < 1.29 is 28.1 Å². The molecule has 3 aromatic rings. The van der Waals surface area contributed by atoms with Gasteiger partial charge in [0.25, 0.3) is 0 Å². The predicted octanol–water partition coefficient (Wildman–Crippen LogP) is 5.09. The highest BCUT2D eigenvalue weighted by Crippen LogP contribution is 2.42. The summed E-state index contributed by atoms with van der Waals surface area (Å²) in [4.78, 5) is 15.3. The van der Waals surface area contributed by atoms with E-state index in [0.717, 1.165) is 23.1 Å². The van der Waals surface area contributed by atoms with Crippen LogP contribution in [0.5, 0.6) is 17.4 Å². The Balaban J connectivity index is 1.66. The minimum atomic E-state index is -2.59. The SMILES string of the molecule is Cc1ccccc1Oc1ncc(N(C2CCCc3c(OCC(=O)O)cccc32)S(=O)[O-])cc1Br. The van der Waals surface area contributed by atoms with Crippen molar-refractivity contribution in [3.8, 4) is 17.4 Å². The van der Waals surface area contributed by atoms with Crippen LogP contribution in [0.2, 0.25) is 0 Å². The summed E-state index contributed by atoms with van der Waals surface area (Å²) in [6, 6.07) is 14.0. The molecule has 1 N–H and O–H groups in total. The second-order valence-electron chi connectivity index (χ2n) is 7.81. The van der Waals surface area contributed by atoms with Crippen molar-refractivity contribution in [2.75, 3.05) is 10.9 Å². The second kappa shape index (κ2) is 10.5. The number of para-hydroxylation sites is 1. The highest BCUT2D eigenvalue weighted by Gasteiger charge is 2.30. The molecule has 1 heterocycles. The molecule has 2 unspecified atom stereocenters. The number of aromatic nitrogens is 1. The highest BCUT2D eigenvalue weighted by molar-refractivity contribution is 9.10. The molecule has 0 spiro atoms. The number of rotatable bonds is 8. The molecule has 0 aliphatic heterocycles. The zero-order valence-electron chi connectivity index (χ0n) is 18.3. The maximum Gasteiger partial charge on any atom is 0.341 e. The third-order valence-electron chi connectivity index (χ3n) is 5.58. The van der Waals surface area contributed by atoms with Crippen molar-refractivity contribution >= 4 is 38.9 Å². The van der Waals surface area contributed by atoms with Crippen molar-refractivity contribution in [1.82, 2.24) is 4.98 Å². The number of hydrogen-bond acceptors (Lipinski definition) is 6. The molecule has 10 heteroatoms. The van der Waals surface area contributed by atoms with Crippen LogP contribution in [0.3, 0.4) is 0 Å². The van der Waals surface area contributed by atoms with Crippen molar-refractivity contribution in [2.24, 2.45) is 0 Å². The van der Waals surface area contributed by atoms with E-state index in [1.165, 1.54) is 10.5 Å². The number of aryl methyl sites for hydroxylation is 1. The number of fused-ring (bicyclic) bond motifs is 1. The lowest BCUT2D eigenvalue weighted by atomic mass is 9.87. The molecule has 0 fully saturated rings. The lowest BCUT2D eigenvalue weighted by Crippen LogP contribution is -2.33. The minimum Gasteiger partial charge on any atom is -0.755 e. The van der Waals surface area contributed by atoms with Gasteiger partial charge in [-0.2, -0.15) is 0 Å². The third kappa shape index (κ3) is 5.24. The summed E-state index contributed by atoms with van der Waals surface area (Å²) in [5, 5.41) is 8.96. The molecule has 2 aromatic carbocycles. The Hall–Kier alpha value is -2.95. The zero-order chi connectivity index (χ0) is 24.2. The lowest BCUT2D eigenvalue weighted by Gasteiger charge is -2.38. The summed E-state index contributed by atoms with van der Waals surface area (Å²) >= 11 is 0.871. The Bertz CT molecular complexity index is 1240. The summed E-state index contributed by atoms with van der Waals surface area (Å²) in [5.74, 6) is 0.365. The van der Waals surface area contributed by atoms with Gasteiger partial charge < -0.3 is 19.1 Å². The molecular formula is C24H22BrN2O6S-. The summed E-state index contributed by atoms with van der Waals surface area (Å²) in [6.45, 7) is 1.46. The number of benzene rings is 2. The van der Waals surface area contributed by atoms with E-state index in [1.807, 2.05) is 37.3 Å². The van der Waals surface area contributed by atoms with Gasteiger partial charge in [0.2, 0.25) is 5.88 Å². The maximum absolute atomic E-state index is 12.4. The molecule has 0 saturated heterocycles. The summed E-state index contributed by atoms with van der Waals surface area (Å²) in [7, 11) is 0. The van der Waals surface area contributed by atoms with Gasteiger partial charge in [0.1, 0.15) is 11.5 Å². The van der Waals surface area contributed by atoms with E-state index in [4.69, 9.17) is 14.6 Å². The van der Waals surface area contributed by atoms with Crippen LogP contribution in [0, 0.1) is 6.92 Å². The van der Waals surface area contributed by atoms with Gasteiger partial charge in [0.15, 0.2) is 6.61 Å². The van der Waals surface area contributed by atoms with Crippen LogP contribution in [-0.2, 0) is 22.5 Å². The van der Waals surface area contributed by atoms with E-state index in [-0.39, 0.29) is 0 Å². The topological polar surface area (TPSA) is 112 Å². The molecule has 1 aromatic heterocycles. The first-order valence-corrected chi connectivity index (χ1v) is 12.4. The van der Waals surface area contributed by atoms with Crippen LogP contribution < -0.4 is 13.8 Å². The second-order valence-corrected chi connectivity index (χ2v) is 9.49. The molecule has 4 rings (SSSR count). The van der Waals surface area contributed by atoms with E-state index in [2.05, 4.69) is 20.9 Å². The van der Waals surface area contributed by atoms with E-state index < -0.39 is 29.9 Å². The van der Waals surface area contributed by atoms with Gasteiger partial charge in [-0.15, -0.1) is 0 Å². The average Bonchev–Trinajstić information content (AvgIpc) is 2.81. The van der Waals surface area contributed by atoms with E-state index >= 15 is 0 Å². The van der Waals surface area contributed by atoms with E-state index in [0.29, 0.717) is 40.4 Å². The van der Waals surface area contributed by atoms with Crippen LogP contribution in [0.4, 0.5) is 5.69 Å². The molecule has 34 heavy (non-hydrogen) atoms. The number of pyridine rings is 1. The number of carboxylic acids is 1. The number of nitrogens with zero attached hydrogens (tertiary/aromatic N) is 2. The molecule has 178 valence electrons. The van der Waals surface area contributed by atoms with Crippen molar-refractivity contribution in [3.05, 3.63) is 75.9 Å².